The van der Waals surface area contributed by atoms with Gasteiger partial charge < -0.3 is 4.80 Å². The molecule has 0 aromatic heterocycles. The molecule has 0 aliphatic rings. The van der Waals surface area contributed by atoms with Gasteiger partial charge in [0.05, 0.1) is 5.56 Å². The molecule has 154 valence electrons. The lowest BCUT2D eigenvalue weighted by Crippen LogP contribution is -2.47. The van der Waals surface area contributed by atoms with Crippen LogP contribution in [-0.2, 0) is 16.3 Å². The maximum atomic E-state index is 14.3. The summed E-state index contributed by atoms with van der Waals surface area (Å²) >= 11 is 1.79. The van der Waals surface area contributed by atoms with E-state index in [2.05, 4.69) is 0 Å². The molecule has 3 aromatic rings. The van der Waals surface area contributed by atoms with Crippen LogP contribution in [0.25, 0.3) is 21.9 Å². The van der Waals surface area contributed by atoms with Crippen molar-refractivity contribution in [2.45, 2.75) is 24.2 Å². The van der Waals surface area contributed by atoms with Crippen molar-refractivity contribution in [2.75, 3.05) is 0 Å². The highest BCUT2D eigenvalue weighted by molar-refractivity contribution is 14.1. The van der Waals surface area contributed by atoms with E-state index in [-0.39, 0.29) is 25.1 Å². The van der Waals surface area contributed by atoms with Crippen LogP contribution in [0.15, 0.2) is 53.4 Å². The Labute approximate surface area is 180 Å². The van der Waals surface area contributed by atoms with Gasteiger partial charge in [-0.15, -0.1) is 0 Å². The summed E-state index contributed by atoms with van der Waals surface area (Å²) in [7, 11) is -8.35. The molecule has 0 heterocycles. The minimum atomic E-state index is -4.85. The first kappa shape index (κ1) is 22.2. The second-order valence-electron chi connectivity index (χ2n) is 7.02. The summed E-state index contributed by atoms with van der Waals surface area (Å²) < 4.78 is 76.5. The number of fused-ring (bicyclic) bond motifs is 1. The van der Waals surface area contributed by atoms with E-state index < -0.39 is 35.1 Å². The fourth-order valence-electron chi connectivity index (χ4n) is 3.46. The van der Waals surface area contributed by atoms with Gasteiger partial charge in [-0.1, -0.05) is 42.5 Å². The van der Waals surface area contributed by atoms with Gasteiger partial charge in [0.2, 0.25) is 8.32 Å². The monoisotopic (exact) mass is 552 g/mol. The van der Waals surface area contributed by atoms with Crippen molar-refractivity contribution in [3.63, 3.8) is 0 Å². The average molecular weight is 552 g/mol. The van der Waals surface area contributed by atoms with Crippen molar-refractivity contribution in [1.29, 1.82) is 0 Å². The number of hydrogen-bond donors (Lipinski definition) is 2. The van der Waals surface area contributed by atoms with E-state index in [1.165, 1.54) is 13.1 Å². The molecule has 0 amide bonds. The predicted octanol–water partition coefficient (Wildman–Crippen LogP) is 4.78. The molecule has 0 radical (unpaired) electrons. The minimum absolute atomic E-state index is 0.126. The Balaban J connectivity index is 2.74. The molecule has 3 aromatic carbocycles. The molecular formula is C19H16F3IO4SSi. The molecule has 4 nitrogen and oxygen atoms in total. The van der Waals surface area contributed by atoms with Gasteiger partial charge in [-0.05, 0) is 63.5 Å². The molecule has 2 N–H and O–H groups in total. The van der Waals surface area contributed by atoms with Crippen LogP contribution < -0.4 is 5.19 Å². The van der Waals surface area contributed by atoms with Crippen LogP contribution in [-0.4, -0.2) is 26.1 Å². The Hall–Kier alpha value is -1.47. The van der Waals surface area contributed by atoms with Crippen molar-refractivity contribution in [2.24, 2.45) is 0 Å². The van der Waals surface area contributed by atoms with E-state index in [9.17, 15) is 30.9 Å². The lowest BCUT2D eigenvalue weighted by Gasteiger charge is -2.28. The van der Waals surface area contributed by atoms with E-state index in [1.807, 2.05) is 0 Å². The molecule has 10 heteroatoms. The normalized spacial score (nSPS) is 13.1. The second kappa shape index (κ2) is 7.34. The van der Waals surface area contributed by atoms with Gasteiger partial charge in [0.15, 0.2) is 0 Å². The van der Waals surface area contributed by atoms with Crippen LogP contribution in [0.2, 0.25) is 13.1 Å². The lowest BCUT2D eigenvalue weighted by atomic mass is 9.96. The van der Waals surface area contributed by atoms with E-state index in [0.29, 0.717) is 5.56 Å². The van der Waals surface area contributed by atoms with Crippen molar-refractivity contribution >= 4 is 57.0 Å². The van der Waals surface area contributed by atoms with E-state index in [4.69, 9.17) is 0 Å². The van der Waals surface area contributed by atoms with Gasteiger partial charge in [0.25, 0.3) is 10.1 Å². The van der Waals surface area contributed by atoms with Crippen molar-refractivity contribution < 1.29 is 30.9 Å². The smallest absolute Gasteiger partial charge is 0.417 e. The second-order valence-corrected chi connectivity index (χ2v) is 13.1. The van der Waals surface area contributed by atoms with Gasteiger partial charge in [0.1, 0.15) is 4.90 Å². The van der Waals surface area contributed by atoms with Crippen molar-refractivity contribution in [1.82, 2.24) is 0 Å². The van der Waals surface area contributed by atoms with Crippen molar-refractivity contribution in [3.8, 4) is 11.1 Å². The fourth-order valence-corrected chi connectivity index (χ4v) is 7.55. The van der Waals surface area contributed by atoms with E-state index in [1.54, 1.807) is 52.9 Å². The molecule has 0 unspecified atom stereocenters. The first-order valence-electron chi connectivity index (χ1n) is 8.35. The average Bonchev–Trinajstić information content (AvgIpc) is 2.59. The van der Waals surface area contributed by atoms with Crippen LogP contribution in [0.1, 0.15) is 5.56 Å². The Morgan fingerprint density at radius 3 is 2.07 bits per heavy atom. The summed E-state index contributed by atoms with van der Waals surface area (Å²) in [6.45, 7) is 2.77. The largest absolute Gasteiger partial charge is 0.428 e. The number of rotatable bonds is 3. The molecule has 0 saturated carbocycles. The highest BCUT2D eigenvalue weighted by Crippen LogP contribution is 2.42. The van der Waals surface area contributed by atoms with Crippen LogP contribution in [0.4, 0.5) is 13.2 Å². The lowest BCUT2D eigenvalue weighted by molar-refractivity contribution is -0.135. The van der Waals surface area contributed by atoms with Crippen molar-refractivity contribution in [3.05, 3.63) is 57.7 Å². The number of benzene rings is 3. The highest BCUT2D eigenvalue weighted by atomic mass is 127. The molecule has 0 fully saturated rings. The third kappa shape index (κ3) is 4.08. The Kier molecular flexibility index (Phi) is 5.62. The maximum Gasteiger partial charge on any atom is 0.417 e. The first-order chi connectivity index (χ1) is 13.2. The quantitative estimate of drug-likeness (QED) is 0.279. The molecule has 3 rings (SSSR count). The molecule has 0 aliphatic heterocycles. The maximum absolute atomic E-state index is 14.3. The predicted molar refractivity (Wildman–Crippen MR) is 116 cm³/mol. The number of halogens is 4. The third-order valence-electron chi connectivity index (χ3n) is 4.47. The molecule has 29 heavy (non-hydrogen) atoms. The summed E-state index contributed by atoms with van der Waals surface area (Å²) in [5.41, 5.74) is -0.531. The minimum Gasteiger partial charge on any atom is -0.428 e. The summed E-state index contributed by atoms with van der Waals surface area (Å²) in [5, 5.41) is -0.814. The van der Waals surface area contributed by atoms with Gasteiger partial charge in [-0.3, -0.25) is 4.55 Å². The zero-order valence-electron chi connectivity index (χ0n) is 15.2. The summed E-state index contributed by atoms with van der Waals surface area (Å²) in [6, 6.07) is 11.6. The number of alkyl halides is 3. The number of hydrogen-bond acceptors (Lipinski definition) is 3. The zero-order chi connectivity index (χ0) is 21.8. The van der Waals surface area contributed by atoms with Crippen LogP contribution in [0, 0.1) is 3.57 Å². The summed E-state index contributed by atoms with van der Waals surface area (Å²) in [6.07, 6.45) is -4.85. The molecule has 0 bridgehead atoms. The summed E-state index contributed by atoms with van der Waals surface area (Å²) in [4.78, 5) is 10.3. The van der Waals surface area contributed by atoms with Gasteiger partial charge in [0, 0.05) is 8.96 Å². The first-order valence-corrected chi connectivity index (χ1v) is 13.8. The Morgan fingerprint density at radius 2 is 1.59 bits per heavy atom. The standard InChI is InChI=1S/C19H16F3IO4SSi/c1-29(2,27)18-14(11-7-4-3-5-8-11)17(23)15-12(16(18)19(20,21)22)9-6-10-13(15)28(24,25)26/h3-10,27H,1-2H3,(H,24,25,26). The van der Waals surface area contributed by atoms with Gasteiger partial charge in [-0.25, -0.2) is 0 Å². The van der Waals surface area contributed by atoms with E-state index >= 15 is 0 Å². The topological polar surface area (TPSA) is 74.6 Å². The molecule has 0 spiro atoms. The molecule has 0 aliphatic carbocycles. The molecule has 0 atom stereocenters. The van der Waals surface area contributed by atoms with Crippen LogP contribution in [0.3, 0.4) is 0 Å². The van der Waals surface area contributed by atoms with Crippen LogP contribution in [0.5, 0.6) is 0 Å². The third-order valence-corrected chi connectivity index (χ3v) is 8.17. The molecule has 0 saturated heterocycles. The molecular weight excluding hydrogens is 536 g/mol. The Morgan fingerprint density at radius 1 is 1.00 bits per heavy atom. The van der Waals surface area contributed by atoms with Gasteiger partial charge in [-0.2, -0.15) is 21.6 Å². The van der Waals surface area contributed by atoms with Gasteiger partial charge >= 0.3 is 6.18 Å². The Bertz CT molecular complexity index is 1200. The zero-order valence-corrected chi connectivity index (χ0v) is 19.2. The summed E-state index contributed by atoms with van der Waals surface area (Å²) in [5.74, 6) is 0. The van der Waals surface area contributed by atoms with Crippen LogP contribution >= 0.6 is 22.6 Å². The highest BCUT2D eigenvalue weighted by Gasteiger charge is 2.43. The van der Waals surface area contributed by atoms with E-state index in [0.717, 1.165) is 18.2 Å². The fraction of sp³-hybridized carbons (Fsp3) is 0.158. The SMILES string of the molecule is C[Si](C)(O)c1c(-c2ccccc2)c(I)c2c(S(=O)(=O)O)cccc2c1C(F)(F)F.